The third kappa shape index (κ3) is 3.25. The van der Waals surface area contributed by atoms with Crippen molar-refractivity contribution in [2.24, 2.45) is 0 Å². The van der Waals surface area contributed by atoms with E-state index in [0.29, 0.717) is 19.0 Å². The van der Waals surface area contributed by atoms with Crippen LogP contribution in [0.5, 0.6) is 5.75 Å². The van der Waals surface area contributed by atoms with Gasteiger partial charge in [0.25, 0.3) is 5.56 Å². The lowest BCUT2D eigenvalue weighted by molar-refractivity contribution is 0.254. The normalized spacial score (nSPS) is 15.9. The van der Waals surface area contributed by atoms with Gasteiger partial charge in [0.2, 0.25) is 0 Å². The minimum atomic E-state index is -0.0345. The summed E-state index contributed by atoms with van der Waals surface area (Å²) in [6.45, 7) is 2.90. The molecule has 0 radical (unpaired) electrons. The number of nitrogens with zero attached hydrogens (tertiary/aromatic N) is 2. The average molecular weight is 371 g/mol. The van der Waals surface area contributed by atoms with Crippen LogP contribution in [0.15, 0.2) is 65.0 Å². The van der Waals surface area contributed by atoms with E-state index in [-0.39, 0.29) is 5.56 Å². The van der Waals surface area contributed by atoms with Gasteiger partial charge in [-0.3, -0.25) is 9.69 Å². The molecule has 5 nitrogen and oxygen atoms in total. The van der Waals surface area contributed by atoms with Gasteiger partial charge in [-0.15, -0.1) is 0 Å². The van der Waals surface area contributed by atoms with Crippen molar-refractivity contribution in [3.8, 4) is 17.1 Å². The fourth-order valence-electron chi connectivity index (χ4n) is 3.89. The summed E-state index contributed by atoms with van der Waals surface area (Å²) in [5.41, 5.74) is 4.95. The lowest BCUT2D eigenvalue weighted by Gasteiger charge is -2.29. The van der Waals surface area contributed by atoms with Crippen molar-refractivity contribution < 1.29 is 4.74 Å². The summed E-state index contributed by atoms with van der Waals surface area (Å²) < 4.78 is 5.86. The first-order valence-electron chi connectivity index (χ1n) is 9.57. The molecule has 2 aliphatic rings. The van der Waals surface area contributed by atoms with Gasteiger partial charge in [-0.25, -0.2) is 4.98 Å². The molecule has 140 valence electrons. The molecule has 0 amide bonds. The fraction of sp³-hybridized carbons (Fsp3) is 0.217. The molecular weight excluding hydrogens is 350 g/mol. The molecule has 2 aromatic carbocycles. The van der Waals surface area contributed by atoms with Crippen LogP contribution in [0.1, 0.15) is 16.8 Å². The standard InChI is InChI=1S/C23H21N3O2/c27-23-19-14-26(13-16-12-18-8-4-5-9-21(18)28-15-16)11-10-20(19)24-22(25-23)17-6-2-1-3-7-17/h1-9,12H,10-11,13-15H2,(H,24,25,27). The van der Waals surface area contributed by atoms with Crippen LogP contribution in [0.4, 0.5) is 0 Å². The zero-order chi connectivity index (χ0) is 18.9. The SMILES string of the molecule is O=c1[nH]c(-c2ccccc2)nc2c1CN(CC1=Cc3ccccc3OC1)CC2. The molecule has 0 saturated carbocycles. The predicted molar refractivity (Wildman–Crippen MR) is 109 cm³/mol. The smallest absolute Gasteiger partial charge is 0.255 e. The van der Waals surface area contributed by atoms with Crippen LogP contribution in [0.3, 0.4) is 0 Å². The number of benzene rings is 2. The molecule has 3 heterocycles. The Morgan fingerprint density at radius 2 is 1.89 bits per heavy atom. The minimum Gasteiger partial charge on any atom is -0.489 e. The Kier molecular flexibility index (Phi) is 4.29. The van der Waals surface area contributed by atoms with Gasteiger partial charge < -0.3 is 9.72 Å². The van der Waals surface area contributed by atoms with Gasteiger partial charge >= 0.3 is 0 Å². The molecule has 0 saturated heterocycles. The quantitative estimate of drug-likeness (QED) is 0.768. The maximum atomic E-state index is 12.7. The molecule has 0 spiro atoms. The highest BCUT2D eigenvalue weighted by Crippen LogP contribution is 2.27. The first kappa shape index (κ1) is 17.0. The van der Waals surface area contributed by atoms with Crippen LogP contribution in [0, 0.1) is 0 Å². The molecule has 0 unspecified atom stereocenters. The highest BCUT2D eigenvalue weighted by atomic mass is 16.5. The van der Waals surface area contributed by atoms with Crippen LogP contribution < -0.4 is 10.3 Å². The molecule has 0 aliphatic carbocycles. The van der Waals surface area contributed by atoms with E-state index in [0.717, 1.165) is 47.6 Å². The number of H-pyrrole nitrogens is 1. The van der Waals surface area contributed by atoms with Crippen LogP contribution in [-0.4, -0.2) is 34.6 Å². The topological polar surface area (TPSA) is 58.2 Å². The van der Waals surface area contributed by atoms with Gasteiger partial charge in [0.15, 0.2) is 0 Å². The van der Waals surface area contributed by atoms with Gasteiger partial charge in [0.05, 0.1) is 11.3 Å². The van der Waals surface area contributed by atoms with Crippen molar-refractivity contribution in [3.63, 3.8) is 0 Å². The highest BCUT2D eigenvalue weighted by molar-refractivity contribution is 5.62. The molecule has 28 heavy (non-hydrogen) atoms. The minimum absolute atomic E-state index is 0.0345. The van der Waals surface area contributed by atoms with Crippen molar-refractivity contribution in [1.82, 2.24) is 14.9 Å². The predicted octanol–water partition coefficient (Wildman–Crippen LogP) is 3.27. The molecule has 0 bridgehead atoms. The maximum absolute atomic E-state index is 12.7. The van der Waals surface area contributed by atoms with E-state index in [4.69, 9.17) is 9.72 Å². The van der Waals surface area contributed by atoms with Gasteiger partial charge in [0, 0.05) is 37.2 Å². The summed E-state index contributed by atoms with van der Waals surface area (Å²) in [5.74, 6) is 1.59. The summed E-state index contributed by atoms with van der Waals surface area (Å²) in [6.07, 6.45) is 2.99. The number of hydrogen-bond donors (Lipinski definition) is 1. The van der Waals surface area contributed by atoms with Crippen molar-refractivity contribution >= 4 is 6.08 Å². The third-order valence-corrected chi connectivity index (χ3v) is 5.31. The van der Waals surface area contributed by atoms with Crippen LogP contribution in [0.2, 0.25) is 0 Å². The van der Waals surface area contributed by atoms with E-state index in [1.165, 1.54) is 5.57 Å². The van der Waals surface area contributed by atoms with E-state index in [9.17, 15) is 4.79 Å². The molecule has 2 aliphatic heterocycles. The van der Waals surface area contributed by atoms with E-state index in [1.807, 2.05) is 48.5 Å². The van der Waals surface area contributed by atoms with Crippen molar-refractivity contribution in [2.75, 3.05) is 19.7 Å². The third-order valence-electron chi connectivity index (χ3n) is 5.31. The second-order valence-corrected chi connectivity index (χ2v) is 7.30. The number of nitrogens with one attached hydrogen (secondary N) is 1. The summed E-state index contributed by atoms with van der Waals surface area (Å²) in [6, 6.07) is 17.9. The number of fused-ring (bicyclic) bond motifs is 2. The van der Waals surface area contributed by atoms with Crippen molar-refractivity contribution in [3.05, 3.63) is 87.3 Å². The lowest BCUT2D eigenvalue weighted by atomic mass is 10.0. The Morgan fingerprint density at radius 3 is 2.79 bits per heavy atom. The number of aromatic amines is 1. The molecule has 0 atom stereocenters. The van der Waals surface area contributed by atoms with Crippen LogP contribution in [-0.2, 0) is 13.0 Å². The molecule has 5 rings (SSSR count). The molecule has 3 aromatic rings. The number of hydrogen-bond acceptors (Lipinski definition) is 4. The molecule has 0 fully saturated rings. The van der Waals surface area contributed by atoms with E-state index in [2.05, 4.69) is 22.0 Å². The van der Waals surface area contributed by atoms with Crippen molar-refractivity contribution in [1.29, 1.82) is 0 Å². The summed E-state index contributed by atoms with van der Waals surface area (Å²) in [7, 11) is 0. The van der Waals surface area contributed by atoms with E-state index < -0.39 is 0 Å². The zero-order valence-corrected chi connectivity index (χ0v) is 15.5. The highest BCUT2D eigenvalue weighted by Gasteiger charge is 2.23. The number of rotatable bonds is 3. The Hall–Kier alpha value is -3.18. The fourth-order valence-corrected chi connectivity index (χ4v) is 3.89. The van der Waals surface area contributed by atoms with E-state index >= 15 is 0 Å². The van der Waals surface area contributed by atoms with Gasteiger partial charge in [0.1, 0.15) is 18.2 Å². The van der Waals surface area contributed by atoms with E-state index in [1.54, 1.807) is 0 Å². The Labute approximate surface area is 163 Å². The first-order valence-corrected chi connectivity index (χ1v) is 9.57. The molecule has 5 heteroatoms. The Bertz CT molecular complexity index is 1100. The van der Waals surface area contributed by atoms with Crippen LogP contribution in [0.25, 0.3) is 17.5 Å². The Balaban J connectivity index is 1.36. The summed E-state index contributed by atoms with van der Waals surface area (Å²) in [4.78, 5) is 22.7. The second-order valence-electron chi connectivity index (χ2n) is 7.30. The zero-order valence-electron chi connectivity index (χ0n) is 15.5. The molecule has 1 aromatic heterocycles. The van der Waals surface area contributed by atoms with Gasteiger partial charge in [-0.2, -0.15) is 0 Å². The molecular formula is C23H21N3O2. The summed E-state index contributed by atoms with van der Waals surface area (Å²) in [5, 5.41) is 0. The molecule has 1 N–H and O–H groups in total. The van der Waals surface area contributed by atoms with Gasteiger partial charge in [-0.1, -0.05) is 48.5 Å². The number of aromatic nitrogens is 2. The number of ether oxygens (including phenoxy) is 1. The first-order chi connectivity index (χ1) is 13.8. The average Bonchev–Trinajstić information content (AvgIpc) is 2.74. The van der Waals surface area contributed by atoms with Gasteiger partial charge in [-0.05, 0) is 17.7 Å². The van der Waals surface area contributed by atoms with Crippen LogP contribution >= 0.6 is 0 Å². The Morgan fingerprint density at radius 1 is 1.07 bits per heavy atom. The lowest BCUT2D eigenvalue weighted by Crippen LogP contribution is -2.37. The summed E-state index contributed by atoms with van der Waals surface area (Å²) >= 11 is 0. The monoisotopic (exact) mass is 371 g/mol. The second kappa shape index (κ2) is 7.09. The maximum Gasteiger partial charge on any atom is 0.255 e. The van der Waals surface area contributed by atoms with Crippen molar-refractivity contribution in [2.45, 2.75) is 13.0 Å². The largest absolute Gasteiger partial charge is 0.489 e. The number of para-hydroxylation sites is 1.